The molecule has 2 aliphatic carbocycles. The van der Waals surface area contributed by atoms with Crippen molar-refractivity contribution in [2.45, 2.75) is 46.0 Å². The van der Waals surface area contributed by atoms with Gasteiger partial charge in [0.25, 0.3) is 0 Å². The number of hydrogen-bond acceptors (Lipinski definition) is 4. The molecule has 1 heterocycles. The minimum atomic E-state index is -0.228. The zero-order valence-corrected chi connectivity index (χ0v) is 13.2. The van der Waals surface area contributed by atoms with Crippen molar-refractivity contribution in [3.63, 3.8) is 0 Å². The number of carbonyl (C=O) groups excluding carboxylic acids is 1. The molecule has 0 aromatic carbocycles. The van der Waals surface area contributed by atoms with E-state index in [2.05, 4.69) is 32.1 Å². The van der Waals surface area contributed by atoms with Crippen LogP contribution in [0.25, 0.3) is 0 Å². The molecule has 2 N–H and O–H groups in total. The summed E-state index contributed by atoms with van der Waals surface area (Å²) in [5, 5.41) is 9.52. The van der Waals surface area contributed by atoms with Gasteiger partial charge in [0.05, 0.1) is 5.57 Å². The summed E-state index contributed by atoms with van der Waals surface area (Å²) in [4.78, 5) is 12.7. The van der Waals surface area contributed by atoms with E-state index in [1.807, 2.05) is 0 Å². The van der Waals surface area contributed by atoms with E-state index < -0.39 is 0 Å². The van der Waals surface area contributed by atoms with Gasteiger partial charge in [-0.25, -0.2) is 0 Å². The van der Waals surface area contributed by atoms with Crippen molar-refractivity contribution < 1.29 is 9.53 Å². The molecule has 22 heavy (non-hydrogen) atoms. The topological polar surface area (TPSA) is 76.1 Å². The fourth-order valence-corrected chi connectivity index (χ4v) is 3.87. The quantitative estimate of drug-likeness (QED) is 0.753. The number of ketones is 1. The lowest BCUT2D eigenvalue weighted by Crippen LogP contribution is -2.36. The number of rotatable bonds is 1. The highest BCUT2D eigenvalue weighted by Gasteiger charge is 2.44. The molecule has 4 heteroatoms. The summed E-state index contributed by atoms with van der Waals surface area (Å²) in [6.45, 7) is 4.13. The van der Waals surface area contributed by atoms with Crippen molar-refractivity contribution in [3.8, 4) is 6.07 Å². The number of allylic oxidation sites excluding steroid dienone is 5. The standard InChI is InChI=1S/C18H22N2O2/c1-18(2)8-13(21)16-14(9-18)22-17(20)12(10-19)15(16)11-6-4-3-5-7-11/h4,6,11,15H,3,5,7-9,20H2,1-2H3/t11-,15-/m1/s1. The molecule has 0 bridgehead atoms. The van der Waals surface area contributed by atoms with Gasteiger partial charge in [0.15, 0.2) is 5.78 Å². The van der Waals surface area contributed by atoms with Gasteiger partial charge in [-0.2, -0.15) is 5.26 Å². The highest BCUT2D eigenvalue weighted by Crippen LogP contribution is 2.47. The van der Waals surface area contributed by atoms with Crippen LogP contribution in [-0.4, -0.2) is 5.78 Å². The molecule has 0 fully saturated rings. The van der Waals surface area contributed by atoms with Crippen molar-refractivity contribution in [1.29, 1.82) is 5.26 Å². The van der Waals surface area contributed by atoms with Crippen LogP contribution in [-0.2, 0) is 9.53 Å². The van der Waals surface area contributed by atoms with Gasteiger partial charge in [-0.15, -0.1) is 0 Å². The summed E-state index contributed by atoms with van der Waals surface area (Å²) in [6, 6.07) is 2.18. The Kier molecular flexibility index (Phi) is 3.60. The van der Waals surface area contributed by atoms with Gasteiger partial charge < -0.3 is 10.5 Å². The van der Waals surface area contributed by atoms with Crippen molar-refractivity contribution >= 4 is 5.78 Å². The van der Waals surface area contributed by atoms with Gasteiger partial charge in [-0.05, 0) is 30.6 Å². The molecule has 0 saturated heterocycles. The number of nitrogens with zero attached hydrogens (tertiary/aromatic N) is 1. The maximum atomic E-state index is 12.7. The fraction of sp³-hybridized carbons (Fsp3) is 0.556. The summed E-state index contributed by atoms with van der Waals surface area (Å²) in [5.74, 6) is 0.905. The van der Waals surface area contributed by atoms with Crippen LogP contribution >= 0.6 is 0 Å². The first-order chi connectivity index (χ1) is 10.4. The Hall–Kier alpha value is -2.02. The predicted octanol–water partition coefficient (Wildman–Crippen LogP) is 3.33. The van der Waals surface area contributed by atoms with Gasteiger partial charge in [-0.1, -0.05) is 26.0 Å². The zero-order valence-electron chi connectivity index (χ0n) is 13.2. The molecule has 0 unspecified atom stereocenters. The lowest BCUT2D eigenvalue weighted by atomic mass is 9.67. The lowest BCUT2D eigenvalue weighted by Gasteiger charge is -2.39. The van der Waals surface area contributed by atoms with Crippen LogP contribution in [0.1, 0.15) is 46.0 Å². The molecule has 2 atom stereocenters. The molecule has 0 amide bonds. The van der Waals surface area contributed by atoms with E-state index >= 15 is 0 Å². The molecule has 4 nitrogen and oxygen atoms in total. The van der Waals surface area contributed by atoms with E-state index in [-0.39, 0.29) is 28.9 Å². The fourth-order valence-electron chi connectivity index (χ4n) is 3.87. The van der Waals surface area contributed by atoms with Gasteiger partial charge >= 0.3 is 0 Å². The number of Topliss-reactive ketones (excluding diaryl/α,β-unsaturated/α-hetero) is 1. The van der Waals surface area contributed by atoms with Gasteiger partial charge in [0.2, 0.25) is 5.88 Å². The normalized spacial score (nSPS) is 30.7. The molecule has 0 aromatic heterocycles. The van der Waals surface area contributed by atoms with E-state index in [4.69, 9.17) is 10.5 Å². The Morgan fingerprint density at radius 2 is 2.18 bits per heavy atom. The smallest absolute Gasteiger partial charge is 0.204 e. The second kappa shape index (κ2) is 5.31. The van der Waals surface area contributed by atoms with E-state index in [9.17, 15) is 10.1 Å². The minimum Gasteiger partial charge on any atom is -0.444 e. The highest BCUT2D eigenvalue weighted by atomic mass is 16.5. The summed E-state index contributed by atoms with van der Waals surface area (Å²) >= 11 is 0. The Labute approximate surface area is 131 Å². The Bertz CT molecular complexity index is 646. The Balaban J connectivity index is 2.09. The Morgan fingerprint density at radius 1 is 1.41 bits per heavy atom. The number of hydrogen-bond donors (Lipinski definition) is 1. The van der Waals surface area contributed by atoms with Crippen LogP contribution in [0.15, 0.2) is 34.9 Å². The third kappa shape index (κ3) is 2.45. The van der Waals surface area contributed by atoms with Crippen LogP contribution in [0.4, 0.5) is 0 Å². The second-order valence-corrected chi connectivity index (χ2v) is 7.27. The second-order valence-electron chi connectivity index (χ2n) is 7.27. The molecule has 3 rings (SSSR count). The average molecular weight is 298 g/mol. The summed E-state index contributed by atoms with van der Waals surface area (Å²) < 4.78 is 5.69. The molecular formula is C18H22N2O2. The average Bonchev–Trinajstić information content (AvgIpc) is 2.45. The van der Waals surface area contributed by atoms with Crippen LogP contribution in [0.2, 0.25) is 0 Å². The van der Waals surface area contributed by atoms with E-state index in [0.29, 0.717) is 29.7 Å². The first-order valence-corrected chi connectivity index (χ1v) is 7.93. The molecule has 0 radical (unpaired) electrons. The monoisotopic (exact) mass is 298 g/mol. The minimum absolute atomic E-state index is 0.107. The van der Waals surface area contributed by atoms with Crippen LogP contribution < -0.4 is 5.73 Å². The third-order valence-electron chi connectivity index (χ3n) is 4.84. The number of nitrogens with two attached hydrogens (primary N) is 1. The lowest BCUT2D eigenvalue weighted by molar-refractivity contribution is -0.119. The van der Waals surface area contributed by atoms with Crippen molar-refractivity contribution in [1.82, 2.24) is 0 Å². The van der Waals surface area contributed by atoms with Gasteiger partial charge in [-0.3, -0.25) is 4.79 Å². The van der Waals surface area contributed by atoms with Crippen molar-refractivity contribution in [2.24, 2.45) is 23.0 Å². The molecule has 0 aromatic rings. The van der Waals surface area contributed by atoms with Gasteiger partial charge in [0.1, 0.15) is 11.8 Å². The highest BCUT2D eigenvalue weighted by molar-refractivity contribution is 5.98. The summed E-state index contributed by atoms with van der Waals surface area (Å²) in [5.41, 5.74) is 6.99. The zero-order chi connectivity index (χ0) is 15.9. The van der Waals surface area contributed by atoms with Crippen molar-refractivity contribution in [2.75, 3.05) is 0 Å². The SMILES string of the molecule is CC1(C)CC(=O)C2=C(C1)OC(N)=C(C#N)[C@H]2[C@@H]1C=CCCC1. The van der Waals surface area contributed by atoms with Crippen molar-refractivity contribution in [3.05, 3.63) is 34.9 Å². The summed E-state index contributed by atoms with van der Waals surface area (Å²) in [7, 11) is 0. The molecule has 1 aliphatic heterocycles. The molecule has 3 aliphatic rings. The van der Waals surface area contributed by atoms with E-state index in [1.165, 1.54) is 0 Å². The molecule has 116 valence electrons. The number of ether oxygens (including phenoxy) is 1. The van der Waals surface area contributed by atoms with Crippen LogP contribution in [0.5, 0.6) is 0 Å². The Morgan fingerprint density at radius 3 is 2.82 bits per heavy atom. The van der Waals surface area contributed by atoms with Crippen LogP contribution in [0.3, 0.4) is 0 Å². The molecule has 0 saturated carbocycles. The largest absolute Gasteiger partial charge is 0.444 e. The van der Waals surface area contributed by atoms with E-state index in [1.54, 1.807) is 0 Å². The van der Waals surface area contributed by atoms with Crippen LogP contribution in [0, 0.1) is 28.6 Å². The number of nitriles is 1. The third-order valence-corrected chi connectivity index (χ3v) is 4.84. The number of carbonyl (C=O) groups is 1. The maximum absolute atomic E-state index is 12.7. The first kappa shape index (κ1) is 14.9. The maximum Gasteiger partial charge on any atom is 0.204 e. The predicted molar refractivity (Wildman–Crippen MR) is 82.9 cm³/mol. The van der Waals surface area contributed by atoms with Gasteiger partial charge in [0, 0.05) is 24.3 Å². The first-order valence-electron chi connectivity index (χ1n) is 7.93. The van der Waals surface area contributed by atoms with E-state index in [0.717, 1.165) is 19.3 Å². The molecular weight excluding hydrogens is 276 g/mol. The molecule has 0 spiro atoms. The summed E-state index contributed by atoms with van der Waals surface area (Å²) in [6.07, 6.45) is 8.61.